The molecule has 3 fully saturated rings. The Labute approximate surface area is 311 Å². The van der Waals surface area contributed by atoms with E-state index in [1.807, 2.05) is 28.9 Å². The summed E-state index contributed by atoms with van der Waals surface area (Å²) in [5.74, 6) is -1.62. The third-order valence-corrected chi connectivity index (χ3v) is 11.1. The van der Waals surface area contributed by atoms with E-state index in [0.29, 0.717) is 27.9 Å². The fraction of sp³-hybridized carbons (Fsp3) is 0.421. The smallest absolute Gasteiger partial charge is 0.363 e. The molecule has 0 spiro atoms. The maximum Gasteiger partial charge on any atom is 0.433 e. The van der Waals surface area contributed by atoms with E-state index in [0.717, 1.165) is 43.2 Å². The molecule has 55 heavy (non-hydrogen) atoms. The predicted octanol–water partition coefficient (Wildman–Crippen LogP) is 4.98. The molecule has 0 radical (unpaired) electrons. The zero-order valence-electron chi connectivity index (χ0n) is 30.1. The monoisotopic (exact) mass is 761 g/mol. The molecule has 288 valence electrons. The van der Waals surface area contributed by atoms with Crippen molar-refractivity contribution in [2.45, 2.75) is 68.5 Å². The second kappa shape index (κ2) is 13.6. The van der Waals surface area contributed by atoms with Gasteiger partial charge in [-0.2, -0.15) is 18.3 Å². The number of benzene rings is 2. The van der Waals surface area contributed by atoms with E-state index in [1.54, 1.807) is 37.4 Å². The first-order valence-electron chi connectivity index (χ1n) is 18.2. The lowest BCUT2D eigenvalue weighted by molar-refractivity contribution is -0.141. The topological polar surface area (TPSA) is 139 Å². The first-order valence-corrected chi connectivity index (χ1v) is 18.2. The highest BCUT2D eigenvalue weighted by Gasteiger charge is 2.46. The van der Waals surface area contributed by atoms with Crippen LogP contribution in [0.25, 0.3) is 21.9 Å². The van der Waals surface area contributed by atoms with Gasteiger partial charge in [0.05, 0.1) is 41.4 Å². The van der Waals surface area contributed by atoms with E-state index < -0.39 is 35.4 Å². The summed E-state index contributed by atoms with van der Waals surface area (Å²) in [6.45, 7) is 0.561. The number of imide groups is 1. The fourth-order valence-electron chi connectivity index (χ4n) is 8.37. The lowest BCUT2D eigenvalue weighted by Gasteiger charge is -2.49. The summed E-state index contributed by atoms with van der Waals surface area (Å²) in [5, 5.41) is 10.5. The number of fused-ring (bicyclic) bond motifs is 2. The fourth-order valence-corrected chi connectivity index (χ4v) is 8.37. The number of nitrogens with one attached hydrogen (secondary N) is 2. The van der Waals surface area contributed by atoms with Crippen LogP contribution in [0.1, 0.15) is 66.8 Å². The Morgan fingerprint density at radius 2 is 1.76 bits per heavy atom. The first kappa shape index (κ1) is 36.4. The Hall–Kier alpha value is -5.58. The molecule has 3 aliphatic rings. The molecule has 2 saturated heterocycles. The number of piperidine rings is 1. The third kappa shape index (κ3) is 6.85. The molecule has 1 unspecified atom stereocenters. The number of carbonyl (C=O) groups excluding carboxylic acids is 3. The van der Waals surface area contributed by atoms with Crippen molar-refractivity contribution in [3.8, 4) is 0 Å². The number of para-hydroxylation sites is 1. The average molecular weight is 762 g/mol. The molecule has 5 heterocycles. The molecular formula is C38H39F4N9O4. The highest BCUT2D eigenvalue weighted by atomic mass is 19.4. The number of alkyl halides is 4. The molecule has 1 saturated carbocycles. The van der Waals surface area contributed by atoms with Crippen LogP contribution in [0.3, 0.4) is 0 Å². The van der Waals surface area contributed by atoms with E-state index in [4.69, 9.17) is 5.10 Å². The maximum atomic E-state index is 16.2. The van der Waals surface area contributed by atoms with Crippen molar-refractivity contribution in [3.05, 3.63) is 82.7 Å². The molecule has 17 heteroatoms. The molecule has 3 aromatic heterocycles. The van der Waals surface area contributed by atoms with Gasteiger partial charge in [-0.1, -0.05) is 12.1 Å². The van der Waals surface area contributed by atoms with Crippen LogP contribution in [0.2, 0.25) is 0 Å². The molecule has 2 aliphatic heterocycles. The van der Waals surface area contributed by atoms with Crippen LogP contribution in [0.5, 0.6) is 0 Å². The molecular weight excluding hydrogens is 722 g/mol. The second-order valence-electron chi connectivity index (χ2n) is 15.0. The summed E-state index contributed by atoms with van der Waals surface area (Å²) in [6.07, 6.45) is 0.971. The van der Waals surface area contributed by atoms with Gasteiger partial charge in [-0.3, -0.25) is 33.5 Å². The summed E-state index contributed by atoms with van der Waals surface area (Å²) in [4.78, 5) is 57.8. The molecule has 2 aromatic carbocycles. The number of aromatic nitrogens is 5. The van der Waals surface area contributed by atoms with Gasteiger partial charge in [-0.15, -0.1) is 0 Å². The number of hydrogen-bond acceptors (Lipinski definition) is 8. The van der Waals surface area contributed by atoms with Crippen molar-refractivity contribution in [1.82, 2.24) is 34.1 Å². The SMILES string of the molecule is CN(CC1(F)CN(c2cccc3c2n(C)c(=O)n3C2CCC(=O)NC2=O)C1)C1CCC(n2cc3cc(NC(=O)c4cccc(C(F)(F)F)n4)ccc3n2)CC1. The van der Waals surface area contributed by atoms with Gasteiger partial charge in [0, 0.05) is 43.3 Å². The number of carbonyl (C=O) groups is 3. The van der Waals surface area contributed by atoms with Crippen LogP contribution in [-0.4, -0.2) is 84.9 Å². The minimum Gasteiger partial charge on any atom is -0.363 e. The molecule has 1 aliphatic carbocycles. The molecule has 8 rings (SSSR count). The Bertz CT molecular complexity index is 2390. The zero-order chi connectivity index (χ0) is 38.8. The molecule has 0 bridgehead atoms. The number of aryl methyl sites for hydroxylation is 1. The van der Waals surface area contributed by atoms with Gasteiger partial charge in [0.15, 0.2) is 5.67 Å². The number of hydrogen-bond donors (Lipinski definition) is 2. The van der Waals surface area contributed by atoms with Gasteiger partial charge in [0.1, 0.15) is 17.4 Å². The standard InChI is InChI=1S/C38H39F4N9O4/c1-47(19-37(39)20-49(21-37)28-6-4-7-29-33(28)48(2)36(55)51(29)30-15-16-32(52)45-35(30)54)24-10-12-25(13-11-24)50-18-22-17-23(9-14-26(22)46-50)43-34(53)27-5-3-8-31(44-27)38(40,41)42/h3-9,14,17-18,24-25,30H,10-13,15-16,19-21H2,1-2H3,(H,43,53)(H,45,52,54). The largest absolute Gasteiger partial charge is 0.433 e. The van der Waals surface area contributed by atoms with E-state index in [2.05, 4.69) is 20.5 Å². The molecule has 3 amide bonds. The van der Waals surface area contributed by atoms with E-state index in [-0.39, 0.29) is 61.9 Å². The van der Waals surface area contributed by atoms with Crippen molar-refractivity contribution in [2.75, 3.05) is 36.9 Å². The van der Waals surface area contributed by atoms with Gasteiger partial charge in [0.25, 0.3) is 5.91 Å². The van der Waals surface area contributed by atoms with Gasteiger partial charge >= 0.3 is 11.9 Å². The van der Waals surface area contributed by atoms with Crippen LogP contribution in [-0.2, 0) is 22.8 Å². The molecule has 5 aromatic rings. The van der Waals surface area contributed by atoms with Crippen molar-refractivity contribution in [3.63, 3.8) is 0 Å². The highest BCUT2D eigenvalue weighted by molar-refractivity contribution is 6.04. The number of halogens is 4. The predicted molar refractivity (Wildman–Crippen MR) is 195 cm³/mol. The second-order valence-corrected chi connectivity index (χ2v) is 15.0. The Morgan fingerprint density at radius 3 is 2.49 bits per heavy atom. The summed E-state index contributed by atoms with van der Waals surface area (Å²) in [7, 11) is 3.59. The van der Waals surface area contributed by atoms with E-state index >= 15 is 4.39 Å². The summed E-state index contributed by atoms with van der Waals surface area (Å²) >= 11 is 0. The van der Waals surface area contributed by atoms with Gasteiger partial charge < -0.3 is 15.1 Å². The van der Waals surface area contributed by atoms with E-state index in [1.165, 1.54) is 15.2 Å². The molecule has 13 nitrogen and oxygen atoms in total. The summed E-state index contributed by atoms with van der Waals surface area (Å²) in [6, 6.07) is 13.2. The maximum absolute atomic E-state index is 16.2. The number of amides is 3. The van der Waals surface area contributed by atoms with Crippen LogP contribution < -0.4 is 21.2 Å². The molecule has 1 atom stereocenters. The third-order valence-electron chi connectivity index (χ3n) is 11.1. The van der Waals surface area contributed by atoms with Gasteiger partial charge in [-0.05, 0) is 81.6 Å². The van der Waals surface area contributed by atoms with E-state index in [9.17, 15) is 32.3 Å². The number of pyridine rings is 1. The Balaban J connectivity index is 0.872. The van der Waals surface area contributed by atoms with Crippen LogP contribution >= 0.6 is 0 Å². The normalized spacial score (nSPS) is 21.6. The van der Waals surface area contributed by atoms with Crippen molar-refractivity contribution < 1.29 is 31.9 Å². The number of anilines is 2. The van der Waals surface area contributed by atoms with Crippen LogP contribution in [0.4, 0.5) is 28.9 Å². The van der Waals surface area contributed by atoms with Crippen molar-refractivity contribution >= 4 is 51.0 Å². The molecule has 2 N–H and O–H groups in total. The lowest BCUT2D eigenvalue weighted by Crippen LogP contribution is -2.64. The Kier molecular flexibility index (Phi) is 9.01. The number of rotatable bonds is 8. The quantitative estimate of drug-likeness (QED) is 0.167. The summed E-state index contributed by atoms with van der Waals surface area (Å²) < 4.78 is 60.3. The minimum absolute atomic E-state index is 0.127. The number of imidazole rings is 1. The van der Waals surface area contributed by atoms with Crippen LogP contribution in [0, 0.1) is 0 Å². The van der Waals surface area contributed by atoms with Crippen molar-refractivity contribution in [1.29, 1.82) is 0 Å². The van der Waals surface area contributed by atoms with Crippen molar-refractivity contribution in [2.24, 2.45) is 7.05 Å². The average Bonchev–Trinajstić information content (AvgIpc) is 3.68. The minimum atomic E-state index is -4.66. The lowest BCUT2D eigenvalue weighted by atomic mass is 9.88. The van der Waals surface area contributed by atoms with Gasteiger partial charge in [0.2, 0.25) is 11.8 Å². The highest BCUT2D eigenvalue weighted by Crippen LogP contribution is 2.38. The first-order chi connectivity index (χ1) is 26.2. The summed E-state index contributed by atoms with van der Waals surface area (Å²) in [5.41, 5.74) is -0.292. The van der Waals surface area contributed by atoms with Gasteiger partial charge in [-0.25, -0.2) is 14.2 Å². The van der Waals surface area contributed by atoms with Crippen LogP contribution in [0.15, 0.2) is 65.6 Å². The zero-order valence-corrected chi connectivity index (χ0v) is 30.1. The Morgan fingerprint density at radius 1 is 1.02 bits per heavy atom. The number of nitrogens with zero attached hydrogens (tertiary/aromatic N) is 7.